The number of hydrogen-bond acceptors (Lipinski definition) is 3. The van der Waals surface area contributed by atoms with Gasteiger partial charge in [0.15, 0.2) is 0 Å². The van der Waals surface area contributed by atoms with Gasteiger partial charge in [-0.25, -0.2) is 9.97 Å². The maximum Gasteiger partial charge on any atom is 0.133 e. The molecule has 1 saturated carbocycles. The SMILES string of the molecule is c1ccc(Cc2nc3c(c(C4CC4)n2)CNCC3)cc1. The molecule has 0 saturated heterocycles. The second-order valence-corrected chi connectivity index (χ2v) is 5.81. The van der Waals surface area contributed by atoms with Gasteiger partial charge in [-0.1, -0.05) is 30.3 Å². The Kier molecular flexibility index (Phi) is 3.00. The Labute approximate surface area is 119 Å². The number of hydrogen-bond donors (Lipinski definition) is 1. The average Bonchev–Trinajstić information content (AvgIpc) is 3.32. The summed E-state index contributed by atoms with van der Waals surface area (Å²) in [5, 5.41) is 3.45. The summed E-state index contributed by atoms with van der Waals surface area (Å²) in [5.74, 6) is 1.69. The molecule has 20 heavy (non-hydrogen) atoms. The monoisotopic (exact) mass is 265 g/mol. The Bertz CT molecular complexity index is 618. The minimum Gasteiger partial charge on any atom is -0.312 e. The minimum absolute atomic E-state index is 0.696. The zero-order valence-corrected chi connectivity index (χ0v) is 11.6. The van der Waals surface area contributed by atoms with E-state index >= 15 is 0 Å². The van der Waals surface area contributed by atoms with Crippen molar-refractivity contribution in [2.75, 3.05) is 6.54 Å². The van der Waals surface area contributed by atoms with Crippen molar-refractivity contribution in [3.63, 3.8) is 0 Å². The van der Waals surface area contributed by atoms with Crippen LogP contribution in [0, 0.1) is 0 Å². The molecule has 102 valence electrons. The van der Waals surface area contributed by atoms with Crippen LogP contribution in [0.1, 0.15) is 47.1 Å². The number of aromatic nitrogens is 2. The molecule has 0 amide bonds. The molecular weight excluding hydrogens is 246 g/mol. The van der Waals surface area contributed by atoms with Crippen LogP contribution in [0.15, 0.2) is 30.3 Å². The van der Waals surface area contributed by atoms with Gasteiger partial charge in [0.1, 0.15) is 5.82 Å². The van der Waals surface area contributed by atoms with Crippen molar-refractivity contribution in [3.05, 3.63) is 58.7 Å². The van der Waals surface area contributed by atoms with E-state index in [-0.39, 0.29) is 0 Å². The fourth-order valence-corrected chi connectivity index (χ4v) is 2.97. The molecule has 1 fully saturated rings. The summed E-state index contributed by atoms with van der Waals surface area (Å²) in [4.78, 5) is 9.72. The van der Waals surface area contributed by atoms with E-state index in [4.69, 9.17) is 9.97 Å². The molecule has 1 aromatic heterocycles. The zero-order valence-electron chi connectivity index (χ0n) is 11.6. The fraction of sp³-hybridized carbons (Fsp3) is 0.412. The highest BCUT2D eigenvalue weighted by Gasteiger charge is 2.30. The van der Waals surface area contributed by atoms with Gasteiger partial charge in [-0.2, -0.15) is 0 Å². The van der Waals surface area contributed by atoms with E-state index < -0.39 is 0 Å². The molecule has 1 aliphatic heterocycles. The Hall–Kier alpha value is -1.74. The first-order valence-electron chi connectivity index (χ1n) is 7.53. The maximum atomic E-state index is 4.89. The number of rotatable bonds is 3. The Balaban J connectivity index is 1.71. The standard InChI is InChI=1S/C17H19N3/c1-2-4-12(5-3-1)10-16-19-15-8-9-18-11-14(15)17(20-16)13-6-7-13/h1-5,13,18H,6-11H2. The summed E-state index contributed by atoms with van der Waals surface area (Å²) >= 11 is 0. The second-order valence-electron chi connectivity index (χ2n) is 5.81. The molecule has 3 heteroatoms. The smallest absolute Gasteiger partial charge is 0.133 e. The molecule has 2 aliphatic rings. The number of nitrogens with zero attached hydrogens (tertiary/aromatic N) is 2. The Morgan fingerprint density at radius 3 is 2.75 bits per heavy atom. The highest BCUT2D eigenvalue weighted by Crippen LogP contribution is 2.41. The Morgan fingerprint density at radius 1 is 1.10 bits per heavy atom. The van der Waals surface area contributed by atoms with E-state index in [2.05, 4.69) is 35.6 Å². The van der Waals surface area contributed by atoms with Gasteiger partial charge in [0.2, 0.25) is 0 Å². The zero-order chi connectivity index (χ0) is 13.4. The first-order valence-corrected chi connectivity index (χ1v) is 7.53. The topological polar surface area (TPSA) is 37.8 Å². The van der Waals surface area contributed by atoms with Gasteiger partial charge in [-0.05, 0) is 18.4 Å². The van der Waals surface area contributed by atoms with E-state index in [1.54, 1.807) is 0 Å². The lowest BCUT2D eigenvalue weighted by atomic mass is 10.0. The van der Waals surface area contributed by atoms with Crippen LogP contribution in [0.2, 0.25) is 0 Å². The van der Waals surface area contributed by atoms with Crippen molar-refractivity contribution >= 4 is 0 Å². The van der Waals surface area contributed by atoms with E-state index in [0.717, 1.165) is 31.8 Å². The number of benzene rings is 1. The van der Waals surface area contributed by atoms with E-state index in [1.807, 2.05) is 0 Å². The van der Waals surface area contributed by atoms with Crippen molar-refractivity contribution in [2.24, 2.45) is 0 Å². The highest BCUT2D eigenvalue weighted by atomic mass is 15.0. The van der Waals surface area contributed by atoms with Crippen molar-refractivity contribution < 1.29 is 0 Å². The first kappa shape index (κ1) is 12.0. The summed E-state index contributed by atoms with van der Waals surface area (Å²) < 4.78 is 0. The van der Waals surface area contributed by atoms with Gasteiger partial charge in [0.25, 0.3) is 0 Å². The van der Waals surface area contributed by atoms with Crippen molar-refractivity contribution in [1.82, 2.24) is 15.3 Å². The summed E-state index contributed by atoms with van der Waals surface area (Å²) in [6.07, 6.45) is 4.49. The molecule has 0 unspecified atom stereocenters. The van der Waals surface area contributed by atoms with Gasteiger partial charge in [-0.15, -0.1) is 0 Å². The van der Waals surface area contributed by atoms with Crippen molar-refractivity contribution in [1.29, 1.82) is 0 Å². The van der Waals surface area contributed by atoms with Gasteiger partial charge < -0.3 is 5.32 Å². The lowest BCUT2D eigenvalue weighted by Crippen LogP contribution is -2.27. The van der Waals surface area contributed by atoms with Crippen LogP contribution >= 0.6 is 0 Å². The highest BCUT2D eigenvalue weighted by molar-refractivity contribution is 5.34. The van der Waals surface area contributed by atoms with Crippen LogP contribution in [-0.2, 0) is 19.4 Å². The third-order valence-corrected chi connectivity index (χ3v) is 4.18. The average molecular weight is 265 g/mol. The molecule has 1 aliphatic carbocycles. The van der Waals surface area contributed by atoms with Crippen LogP contribution in [0.4, 0.5) is 0 Å². The quantitative estimate of drug-likeness (QED) is 0.927. The predicted octanol–water partition coefficient (Wildman–Crippen LogP) is 2.59. The van der Waals surface area contributed by atoms with Crippen LogP contribution in [0.3, 0.4) is 0 Å². The molecular formula is C17H19N3. The number of nitrogens with one attached hydrogen (secondary N) is 1. The summed E-state index contributed by atoms with van der Waals surface area (Å²) in [6, 6.07) is 10.5. The molecule has 1 N–H and O–H groups in total. The van der Waals surface area contributed by atoms with E-state index in [9.17, 15) is 0 Å². The van der Waals surface area contributed by atoms with Gasteiger partial charge in [-0.3, -0.25) is 0 Å². The summed E-state index contributed by atoms with van der Waals surface area (Å²) in [5.41, 5.74) is 5.29. The van der Waals surface area contributed by atoms with Crippen LogP contribution in [0.25, 0.3) is 0 Å². The largest absolute Gasteiger partial charge is 0.312 e. The molecule has 1 aromatic carbocycles. The minimum atomic E-state index is 0.696. The molecule has 0 spiro atoms. The van der Waals surface area contributed by atoms with Crippen LogP contribution in [-0.4, -0.2) is 16.5 Å². The van der Waals surface area contributed by atoms with E-state index in [0.29, 0.717) is 5.92 Å². The van der Waals surface area contributed by atoms with Gasteiger partial charge in [0, 0.05) is 37.4 Å². The molecule has 3 nitrogen and oxygen atoms in total. The molecule has 0 bridgehead atoms. The fourth-order valence-electron chi connectivity index (χ4n) is 2.97. The molecule has 4 rings (SSSR count). The molecule has 2 aromatic rings. The maximum absolute atomic E-state index is 4.89. The number of fused-ring (bicyclic) bond motifs is 1. The van der Waals surface area contributed by atoms with E-state index in [1.165, 1.54) is 35.4 Å². The lowest BCUT2D eigenvalue weighted by Gasteiger charge is -2.20. The van der Waals surface area contributed by atoms with Gasteiger partial charge in [0.05, 0.1) is 11.4 Å². The summed E-state index contributed by atoms with van der Waals surface area (Å²) in [7, 11) is 0. The normalized spacial score (nSPS) is 17.8. The molecule has 2 heterocycles. The third kappa shape index (κ3) is 2.34. The van der Waals surface area contributed by atoms with Crippen molar-refractivity contribution in [2.45, 2.75) is 38.1 Å². The van der Waals surface area contributed by atoms with Crippen LogP contribution < -0.4 is 5.32 Å². The van der Waals surface area contributed by atoms with Crippen molar-refractivity contribution in [3.8, 4) is 0 Å². The van der Waals surface area contributed by atoms with Gasteiger partial charge >= 0.3 is 0 Å². The third-order valence-electron chi connectivity index (χ3n) is 4.18. The Morgan fingerprint density at radius 2 is 1.95 bits per heavy atom. The van der Waals surface area contributed by atoms with Crippen LogP contribution in [0.5, 0.6) is 0 Å². The predicted molar refractivity (Wildman–Crippen MR) is 78.7 cm³/mol. The molecule has 0 radical (unpaired) electrons. The second kappa shape index (κ2) is 4.98. The lowest BCUT2D eigenvalue weighted by molar-refractivity contribution is 0.610. The first-order chi connectivity index (χ1) is 9.90. The molecule has 0 atom stereocenters. The summed E-state index contributed by atoms with van der Waals surface area (Å²) in [6.45, 7) is 1.99.